The average molecular weight is 839 g/mol. The van der Waals surface area contributed by atoms with Crippen molar-refractivity contribution in [2.24, 2.45) is 0 Å². The molecular weight excluding hydrogens is 793 g/mol. The lowest BCUT2D eigenvalue weighted by molar-refractivity contribution is 0.584. The van der Waals surface area contributed by atoms with Crippen LogP contribution in [0.2, 0.25) is 0 Å². The summed E-state index contributed by atoms with van der Waals surface area (Å²) in [4.78, 5) is 18.1. The van der Waals surface area contributed by atoms with Crippen LogP contribution in [0.4, 0.5) is 0 Å². The van der Waals surface area contributed by atoms with E-state index in [2.05, 4.69) is 176 Å². The minimum Gasteiger partial charge on any atom is -0.366 e. The van der Waals surface area contributed by atoms with Gasteiger partial charge in [-0.3, -0.25) is 15.0 Å². The molecule has 14 rings (SSSR count). The summed E-state index contributed by atoms with van der Waals surface area (Å²) in [5.74, 6) is 1.06. The maximum Gasteiger partial charge on any atom is 0.0780 e. The zero-order chi connectivity index (χ0) is 43.2. The summed E-state index contributed by atoms with van der Waals surface area (Å²) in [7, 11) is 0. The number of rotatable bonds is 4. The number of hydrogen-bond acceptors (Lipinski definition) is 3. The fraction of sp³-hybridized carbons (Fsp3) is 0.169. The molecule has 0 amide bonds. The van der Waals surface area contributed by atoms with Gasteiger partial charge in [0.25, 0.3) is 0 Å². The van der Waals surface area contributed by atoms with Crippen molar-refractivity contribution in [1.29, 1.82) is 0 Å². The smallest absolute Gasteiger partial charge is 0.0780 e. The Balaban J connectivity index is 1.09. The maximum absolute atomic E-state index is 5.04. The van der Waals surface area contributed by atoms with Crippen LogP contribution in [0, 0.1) is 0 Å². The fourth-order valence-electron chi connectivity index (χ4n) is 12.5. The first-order valence-electron chi connectivity index (χ1n) is 23.3. The molecule has 6 aromatic heterocycles. The van der Waals surface area contributed by atoms with E-state index in [4.69, 9.17) is 15.0 Å². The molecule has 0 radical (unpaired) electrons. The Hall–Kier alpha value is -7.57. The number of nitrogens with one attached hydrogen (secondary N) is 1. The van der Waals surface area contributed by atoms with E-state index in [0.29, 0.717) is 11.8 Å². The molecule has 0 aliphatic heterocycles. The Kier molecular flexibility index (Phi) is 7.64. The highest BCUT2D eigenvalue weighted by atomic mass is 15.0. The Morgan fingerprint density at radius 2 is 1.23 bits per heavy atom. The van der Waals surface area contributed by atoms with Gasteiger partial charge in [-0.25, -0.2) is 0 Å². The third kappa shape index (κ3) is 4.97. The molecule has 3 aliphatic rings. The van der Waals surface area contributed by atoms with Crippen molar-refractivity contribution >= 4 is 65.9 Å². The van der Waals surface area contributed by atoms with Crippen molar-refractivity contribution in [3.8, 4) is 33.8 Å². The molecule has 0 saturated heterocycles. The van der Waals surface area contributed by atoms with Crippen molar-refractivity contribution in [3.63, 3.8) is 0 Å². The molecule has 4 atom stereocenters. The molecule has 0 saturated carbocycles. The predicted octanol–water partition coefficient (Wildman–Crippen LogP) is 14.8. The Morgan fingerprint density at radius 1 is 0.554 bits per heavy atom. The number of benzene rings is 5. The van der Waals surface area contributed by atoms with E-state index in [1.807, 2.05) is 18.6 Å². The third-order valence-electron chi connectivity index (χ3n) is 15.8. The number of pyridine rings is 3. The number of H-pyrrole nitrogens is 1. The van der Waals surface area contributed by atoms with E-state index in [1.165, 1.54) is 104 Å². The van der Waals surface area contributed by atoms with Crippen molar-refractivity contribution < 1.29 is 0 Å². The molecule has 5 aromatic carbocycles. The van der Waals surface area contributed by atoms with Crippen molar-refractivity contribution in [2.45, 2.75) is 64.2 Å². The monoisotopic (exact) mass is 838 g/mol. The zero-order valence-electron chi connectivity index (χ0n) is 36.9. The topological polar surface area (TPSA) is 64.3 Å². The normalized spacial score (nSPS) is 18.7. The Bertz CT molecular complexity index is 3840. The van der Waals surface area contributed by atoms with Crippen LogP contribution in [0.15, 0.2) is 146 Å². The lowest BCUT2D eigenvalue weighted by Gasteiger charge is -2.42. The van der Waals surface area contributed by atoms with E-state index in [0.717, 1.165) is 41.2 Å². The molecule has 6 nitrogen and oxygen atoms in total. The van der Waals surface area contributed by atoms with Crippen LogP contribution < -0.4 is 0 Å². The summed E-state index contributed by atoms with van der Waals surface area (Å²) in [6.07, 6.45) is 16.4. The largest absolute Gasteiger partial charge is 0.366 e. The molecule has 6 heteroatoms. The molecule has 65 heavy (non-hydrogen) atoms. The van der Waals surface area contributed by atoms with E-state index < -0.39 is 0 Å². The van der Waals surface area contributed by atoms with Crippen LogP contribution in [0.1, 0.15) is 97.0 Å². The van der Waals surface area contributed by atoms with Gasteiger partial charge in [0, 0.05) is 74.7 Å². The molecule has 0 fully saturated rings. The van der Waals surface area contributed by atoms with Gasteiger partial charge in [0.15, 0.2) is 0 Å². The molecule has 11 aromatic rings. The first kappa shape index (κ1) is 36.9. The van der Waals surface area contributed by atoms with Gasteiger partial charge in [-0.15, -0.1) is 0 Å². The number of fused-ring (bicyclic) bond motifs is 10. The minimum absolute atomic E-state index is 0.223. The number of aromatic amines is 1. The van der Waals surface area contributed by atoms with Gasteiger partial charge in [-0.2, -0.15) is 0 Å². The van der Waals surface area contributed by atoms with Crippen molar-refractivity contribution in [3.05, 3.63) is 186 Å². The highest BCUT2D eigenvalue weighted by molar-refractivity contribution is 6.16. The third-order valence-corrected chi connectivity index (χ3v) is 15.8. The van der Waals surface area contributed by atoms with Gasteiger partial charge in [0.2, 0.25) is 0 Å². The second kappa shape index (κ2) is 13.5. The second-order valence-electron chi connectivity index (χ2n) is 18.9. The first-order chi connectivity index (χ1) is 31.9. The Labute approximate surface area is 377 Å². The summed E-state index contributed by atoms with van der Waals surface area (Å²) in [6.45, 7) is 9.94. The average Bonchev–Trinajstić information content (AvgIpc) is 4.08. The van der Waals surface area contributed by atoms with E-state index in [1.54, 1.807) is 0 Å². The van der Waals surface area contributed by atoms with E-state index in [-0.39, 0.29) is 11.8 Å². The van der Waals surface area contributed by atoms with Crippen LogP contribution in [-0.4, -0.2) is 29.1 Å². The van der Waals surface area contributed by atoms with Crippen LogP contribution in [0.3, 0.4) is 0 Å². The summed E-state index contributed by atoms with van der Waals surface area (Å²) in [6, 6.07) is 40.3. The summed E-state index contributed by atoms with van der Waals surface area (Å²) >= 11 is 0. The zero-order valence-corrected chi connectivity index (χ0v) is 36.9. The van der Waals surface area contributed by atoms with Gasteiger partial charge in [-0.1, -0.05) is 82.3 Å². The fourth-order valence-corrected chi connectivity index (χ4v) is 12.5. The van der Waals surface area contributed by atoms with Crippen molar-refractivity contribution in [1.82, 2.24) is 29.1 Å². The summed E-state index contributed by atoms with van der Waals surface area (Å²) < 4.78 is 5.13. The lowest BCUT2D eigenvalue weighted by atomic mass is 9.62. The van der Waals surface area contributed by atoms with Crippen LogP contribution in [0.5, 0.6) is 0 Å². The quantitative estimate of drug-likeness (QED) is 0.192. The standard InChI is InChI=1S/C59H46N6/c1-32-33(2)45-29-49-47-27-39(57-43-14-8-6-11-37(43)20-25-63-57)16-18-51(47)65(41-21-23-61-31-41)59(49)53-35(4)34(3)52-54(55(45)53)44(32)28-48-46-26-38(56-42-13-7-5-10-36(42)19-24-62-56)15-17-50(46)64(58(48)52)40-12-9-22-60-30-40/h5-14,16,18-35,61H,15,17H2,1-4H3. The highest BCUT2D eigenvalue weighted by Gasteiger charge is 2.43. The molecular formula is C59H46N6. The van der Waals surface area contributed by atoms with Gasteiger partial charge in [0.05, 0.1) is 45.5 Å². The SMILES string of the molecule is CC1c2cc3c4c(n(-c5cccnc5)c3c3c2-c2c(cc5c6cc(-c7nccc8ccccc78)ccc6n(-c6cc[nH]c6)c5c2C(C)C3C)C1C)CCC(c1nccc2ccccc12)=C4. The lowest BCUT2D eigenvalue weighted by Crippen LogP contribution is -2.24. The molecule has 312 valence electrons. The highest BCUT2D eigenvalue weighted by Crippen LogP contribution is 2.61. The first-order valence-corrected chi connectivity index (χ1v) is 23.3. The summed E-state index contributed by atoms with van der Waals surface area (Å²) in [5.41, 5.74) is 22.2. The molecule has 4 unspecified atom stereocenters. The molecule has 6 heterocycles. The van der Waals surface area contributed by atoms with Gasteiger partial charge in [-0.05, 0) is 147 Å². The molecule has 1 N–H and O–H groups in total. The van der Waals surface area contributed by atoms with Gasteiger partial charge >= 0.3 is 0 Å². The van der Waals surface area contributed by atoms with Gasteiger partial charge < -0.3 is 14.1 Å². The molecule has 0 bridgehead atoms. The van der Waals surface area contributed by atoms with Crippen molar-refractivity contribution in [2.75, 3.05) is 0 Å². The number of nitrogens with zero attached hydrogens (tertiary/aromatic N) is 5. The number of allylic oxidation sites excluding steroid dienone is 1. The van der Waals surface area contributed by atoms with Crippen LogP contribution >= 0.6 is 0 Å². The van der Waals surface area contributed by atoms with E-state index >= 15 is 0 Å². The summed E-state index contributed by atoms with van der Waals surface area (Å²) in [5, 5.41) is 8.74. The Morgan fingerprint density at radius 3 is 1.92 bits per heavy atom. The second-order valence-corrected chi connectivity index (χ2v) is 18.9. The van der Waals surface area contributed by atoms with Crippen LogP contribution in [-0.2, 0) is 6.42 Å². The van der Waals surface area contributed by atoms with Gasteiger partial charge in [0.1, 0.15) is 0 Å². The minimum atomic E-state index is 0.223. The number of aromatic nitrogens is 6. The number of hydrogen-bond donors (Lipinski definition) is 1. The predicted molar refractivity (Wildman–Crippen MR) is 268 cm³/mol. The molecule has 3 aliphatic carbocycles. The van der Waals surface area contributed by atoms with E-state index in [9.17, 15) is 0 Å². The maximum atomic E-state index is 5.04. The van der Waals surface area contributed by atoms with Crippen LogP contribution in [0.25, 0.3) is 99.7 Å². The molecule has 0 spiro atoms.